The van der Waals surface area contributed by atoms with Crippen LogP contribution in [0.3, 0.4) is 0 Å². The first-order valence-electron chi connectivity index (χ1n) is 9.71. The smallest absolute Gasteiger partial charge is 0.335 e. The van der Waals surface area contributed by atoms with Gasteiger partial charge in [-0.05, 0) is 35.9 Å². The van der Waals surface area contributed by atoms with Crippen molar-refractivity contribution in [2.75, 3.05) is 11.5 Å². The Kier molecular flexibility index (Phi) is 5.38. The number of nitrogens with zero attached hydrogens (tertiary/aromatic N) is 2. The highest BCUT2D eigenvalue weighted by Crippen LogP contribution is 2.32. The molecular formula is C23H17N3O6. The van der Waals surface area contributed by atoms with Crippen molar-refractivity contribution in [2.45, 2.75) is 6.92 Å². The fourth-order valence-corrected chi connectivity index (χ4v) is 3.49. The molecule has 0 atom stereocenters. The van der Waals surface area contributed by atoms with Gasteiger partial charge in [0.15, 0.2) is 0 Å². The molecule has 1 heterocycles. The molecule has 9 nitrogen and oxygen atoms in total. The summed E-state index contributed by atoms with van der Waals surface area (Å²) < 4.78 is 5.69. The second-order valence-corrected chi connectivity index (χ2v) is 6.87. The molecule has 0 radical (unpaired) electrons. The predicted octanol–water partition coefficient (Wildman–Crippen LogP) is 3.81. The average molecular weight is 431 g/mol. The highest BCUT2D eigenvalue weighted by atomic mass is 16.6. The maximum absolute atomic E-state index is 13.2. The van der Waals surface area contributed by atoms with Crippen LogP contribution in [-0.2, 0) is 9.59 Å². The molecule has 3 aromatic rings. The van der Waals surface area contributed by atoms with Crippen LogP contribution >= 0.6 is 0 Å². The lowest BCUT2D eigenvalue weighted by atomic mass is 9.99. The van der Waals surface area contributed by atoms with Crippen LogP contribution in [0.25, 0.3) is 16.8 Å². The van der Waals surface area contributed by atoms with Crippen LogP contribution < -0.4 is 15.0 Å². The Morgan fingerprint density at radius 1 is 1.06 bits per heavy atom. The Morgan fingerprint density at radius 3 is 2.59 bits per heavy atom. The molecule has 0 unspecified atom stereocenters. The number of hydrogen-bond donors (Lipinski definition) is 1. The molecule has 0 spiro atoms. The van der Waals surface area contributed by atoms with Gasteiger partial charge < -0.3 is 4.74 Å². The maximum Gasteiger partial charge on any atom is 0.335 e. The Morgan fingerprint density at radius 2 is 1.84 bits per heavy atom. The van der Waals surface area contributed by atoms with E-state index in [4.69, 9.17) is 4.74 Å². The van der Waals surface area contributed by atoms with Gasteiger partial charge in [-0.15, -0.1) is 0 Å². The van der Waals surface area contributed by atoms with E-state index in [0.29, 0.717) is 22.8 Å². The number of anilines is 1. The topological polar surface area (TPSA) is 119 Å². The van der Waals surface area contributed by atoms with Crippen LogP contribution in [-0.4, -0.2) is 29.4 Å². The zero-order valence-corrected chi connectivity index (χ0v) is 16.9. The Balaban J connectivity index is 1.85. The Hall–Kier alpha value is -4.53. The summed E-state index contributed by atoms with van der Waals surface area (Å²) in [6, 6.07) is 15.1. The number of benzene rings is 3. The van der Waals surface area contributed by atoms with Crippen molar-refractivity contribution in [3.63, 3.8) is 0 Å². The van der Waals surface area contributed by atoms with Crippen molar-refractivity contribution in [1.82, 2.24) is 5.32 Å². The lowest BCUT2D eigenvalue weighted by Gasteiger charge is -2.26. The van der Waals surface area contributed by atoms with Crippen molar-refractivity contribution in [3.8, 4) is 5.75 Å². The molecule has 1 aliphatic rings. The normalized spacial score (nSPS) is 15.2. The van der Waals surface area contributed by atoms with Gasteiger partial charge in [0.25, 0.3) is 17.5 Å². The van der Waals surface area contributed by atoms with Crippen molar-refractivity contribution >= 4 is 46.1 Å². The Labute approximate surface area is 182 Å². The largest absolute Gasteiger partial charge is 0.493 e. The molecule has 0 saturated carbocycles. The number of non-ortho nitro benzene ring substituents is 1. The monoisotopic (exact) mass is 431 g/mol. The van der Waals surface area contributed by atoms with E-state index in [1.165, 1.54) is 24.3 Å². The molecule has 1 aliphatic heterocycles. The van der Waals surface area contributed by atoms with Gasteiger partial charge in [0.2, 0.25) is 0 Å². The fraction of sp³-hybridized carbons (Fsp3) is 0.0870. The molecule has 1 fully saturated rings. The maximum atomic E-state index is 13.2. The van der Waals surface area contributed by atoms with Gasteiger partial charge in [-0.2, -0.15) is 0 Å². The van der Waals surface area contributed by atoms with E-state index < -0.39 is 22.8 Å². The van der Waals surface area contributed by atoms with E-state index in [1.807, 2.05) is 37.3 Å². The standard InChI is InChI=1S/C23H17N3O6/c1-2-32-20-11-10-14-6-3-4-9-17(14)18(20)13-19-21(27)24-23(29)25(22(19)28)15-7-5-8-16(12-15)26(30)31/h3-13H,2H2,1H3,(H,24,27,29)/b19-13+. The summed E-state index contributed by atoms with van der Waals surface area (Å²) in [5, 5.41) is 14.9. The molecular weight excluding hydrogens is 414 g/mol. The van der Waals surface area contributed by atoms with Gasteiger partial charge in [0.1, 0.15) is 11.3 Å². The minimum Gasteiger partial charge on any atom is -0.493 e. The van der Waals surface area contributed by atoms with Crippen LogP contribution in [0.5, 0.6) is 5.75 Å². The SMILES string of the molecule is CCOc1ccc2ccccc2c1/C=C1\C(=O)NC(=O)N(c2cccc([N+](=O)[O-])c2)C1=O. The van der Waals surface area contributed by atoms with E-state index >= 15 is 0 Å². The first-order valence-corrected chi connectivity index (χ1v) is 9.71. The first-order chi connectivity index (χ1) is 15.4. The van der Waals surface area contributed by atoms with E-state index in [0.717, 1.165) is 16.8 Å². The lowest BCUT2D eigenvalue weighted by molar-refractivity contribution is -0.384. The molecule has 32 heavy (non-hydrogen) atoms. The predicted molar refractivity (Wildman–Crippen MR) is 117 cm³/mol. The van der Waals surface area contributed by atoms with Crippen molar-refractivity contribution in [2.24, 2.45) is 0 Å². The van der Waals surface area contributed by atoms with Crippen LogP contribution in [0.4, 0.5) is 16.2 Å². The molecule has 0 aliphatic carbocycles. The van der Waals surface area contributed by atoms with E-state index in [1.54, 1.807) is 6.07 Å². The number of barbiturate groups is 1. The van der Waals surface area contributed by atoms with E-state index in [9.17, 15) is 24.5 Å². The van der Waals surface area contributed by atoms with Crippen LogP contribution in [0, 0.1) is 10.1 Å². The third-order valence-corrected chi connectivity index (χ3v) is 4.92. The van der Waals surface area contributed by atoms with E-state index in [2.05, 4.69) is 5.32 Å². The number of ether oxygens (including phenoxy) is 1. The van der Waals surface area contributed by atoms with Crippen molar-refractivity contribution in [1.29, 1.82) is 0 Å². The molecule has 4 rings (SSSR count). The zero-order valence-electron chi connectivity index (χ0n) is 16.9. The Bertz CT molecular complexity index is 1310. The third kappa shape index (κ3) is 3.67. The average Bonchev–Trinajstić information content (AvgIpc) is 2.77. The number of hydrogen-bond acceptors (Lipinski definition) is 6. The minimum atomic E-state index is -0.986. The molecule has 1 N–H and O–H groups in total. The summed E-state index contributed by atoms with van der Waals surface area (Å²) >= 11 is 0. The number of rotatable bonds is 5. The number of carbonyl (C=O) groups is 3. The van der Waals surface area contributed by atoms with Gasteiger partial charge in [0, 0.05) is 17.7 Å². The molecule has 160 valence electrons. The van der Waals surface area contributed by atoms with Crippen molar-refractivity contribution in [3.05, 3.63) is 81.9 Å². The van der Waals surface area contributed by atoms with Gasteiger partial charge in [-0.3, -0.25) is 25.0 Å². The number of amides is 4. The molecule has 3 aromatic carbocycles. The zero-order chi connectivity index (χ0) is 22.8. The van der Waals surface area contributed by atoms with Gasteiger partial charge in [-0.1, -0.05) is 36.4 Å². The van der Waals surface area contributed by atoms with Gasteiger partial charge >= 0.3 is 6.03 Å². The molecule has 0 aromatic heterocycles. The number of carbonyl (C=O) groups excluding carboxylic acids is 3. The number of urea groups is 1. The fourth-order valence-electron chi connectivity index (χ4n) is 3.49. The highest BCUT2D eigenvalue weighted by Gasteiger charge is 2.37. The van der Waals surface area contributed by atoms with Gasteiger partial charge in [0.05, 0.1) is 17.2 Å². The highest BCUT2D eigenvalue weighted by molar-refractivity contribution is 6.39. The number of nitro benzene ring substituents is 1. The summed E-state index contributed by atoms with van der Waals surface area (Å²) in [5.74, 6) is -1.29. The van der Waals surface area contributed by atoms with Crippen LogP contribution in [0.1, 0.15) is 12.5 Å². The number of nitro groups is 1. The van der Waals surface area contributed by atoms with Crippen LogP contribution in [0.2, 0.25) is 0 Å². The molecule has 1 saturated heterocycles. The number of imide groups is 2. The lowest BCUT2D eigenvalue weighted by Crippen LogP contribution is -2.54. The second kappa shape index (κ2) is 8.31. The molecule has 0 bridgehead atoms. The second-order valence-electron chi connectivity index (χ2n) is 6.87. The number of fused-ring (bicyclic) bond motifs is 1. The number of nitrogens with one attached hydrogen (secondary N) is 1. The third-order valence-electron chi connectivity index (χ3n) is 4.92. The summed E-state index contributed by atoms with van der Waals surface area (Å²) in [4.78, 5) is 49.4. The van der Waals surface area contributed by atoms with Crippen LogP contribution in [0.15, 0.2) is 66.2 Å². The molecule has 9 heteroatoms. The quantitative estimate of drug-likeness (QED) is 0.284. The van der Waals surface area contributed by atoms with Crippen molar-refractivity contribution < 1.29 is 24.0 Å². The summed E-state index contributed by atoms with van der Waals surface area (Å²) in [7, 11) is 0. The minimum absolute atomic E-state index is 0.0250. The van der Waals surface area contributed by atoms with Gasteiger partial charge in [-0.25, -0.2) is 9.69 Å². The van der Waals surface area contributed by atoms with E-state index in [-0.39, 0.29) is 16.9 Å². The molecule has 4 amide bonds. The first kappa shape index (κ1) is 20.7. The summed E-state index contributed by atoms with van der Waals surface area (Å²) in [5.41, 5.74) is -0.105. The summed E-state index contributed by atoms with van der Waals surface area (Å²) in [6.45, 7) is 2.18. The summed E-state index contributed by atoms with van der Waals surface area (Å²) in [6.07, 6.45) is 1.38.